The highest BCUT2D eigenvalue weighted by molar-refractivity contribution is 5.77. The predicted molar refractivity (Wildman–Crippen MR) is 99.4 cm³/mol. The highest BCUT2D eigenvalue weighted by atomic mass is 16.5. The van der Waals surface area contributed by atoms with Crippen molar-refractivity contribution in [3.8, 4) is 23.0 Å². The lowest BCUT2D eigenvalue weighted by Gasteiger charge is -2.15. The lowest BCUT2D eigenvalue weighted by Crippen LogP contribution is -2.28. The normalized spacial score (nSPS) is 10.2. The quantitative estimate of drug-likeness (QED) is 0.785. The second-order valence-corrected chi connectivity index (χ2v) is 5.91. The summed E-state index contributed by atoms with van der Waals surface area (Å²) in [6, 6.07) is 9.36. The number of rotatable bonds is 8. The Kier molecular flexibility index (Phi) is 6.72. The van der Waals surface area contributed by atoms with E-state index in [4.69, 9.17) is 18.9 Å². The molecular weight excluding hydrogens is 334 g/mol. The lowest BCUT2D eigenvalue weighted by molar-refractivity contribution is -0.123. The number of carbonyl (C=O) groups is 1. The van der Waals surface area contributed by atoms with Gasteiger partial charge in [-0.1, -0.05) is 6.07 Å². The van der Waals surface area contributed by atoms with Crippen LogP contribution in [0.15, 0.2) is 30.3 Å². The molecule has 0 radical (unpaired) electrons. The van der Waals surface area contributed by atoms with Crippen molar-refractivity contribution < 1.29 is 23.7 Å². The Bertz CT molecular complexity index is 753. The molecule has 1 amide bonds. The van der Waals surface area contributed by atoms with Crippen molar-refractivity contribution in [2.75, 3.05) is 27.9 Å². The van der Waals surface area contributed by atoms with Crippen LogP contribution in [0, 0.1) is 13.8 Å². The summed E-state index contributed by atoms with van der Waals surface area (Å²) in [5.74, 6) is 2.21. The molecule has 0 bridgehead atoms. The molecule has 6 nitrogen and oxygen atoms in total. The fourth-order valence-corrected chi connectivity index (χ4v) is 2.64. The van der Waals surface area contributed by atoms with Gasteiger partial charge in [-0.25, -0.2) is 0 Å². The third kappa shape index (κ3) is 5.05. The van der Waals surface area contributed by atoms with E-state index < -0.39 is 0 Å². The molecule has 0 spiro atoms. The first-order valence-corrected chi connectivity index (χ1v) is 8.23. The predicted octanol–water partition coefficient (Wildman–Crippen LogP) is 3.02. The Morgan fingerprint density at radius 1 is 0.846 bits per heavy atom. The maximum absolute atomic E-state index is 12.1. The van der Waals surface area contributed by atoms with Crippen LogP contribution in [0.3, 0.4) is 0 Å². The van der Waals surface area contributed by atoms with E-state index in [2.05, 4.69) is 11.4 Å². The summed E-state index contributed by atoms with van der Waals surface area (Å²) >= 11 is 0. The third-order valence-electron chi connectivity index (χ3n) is 3.83. The first-order valence-electron chi connectivity index (χ1n) is 8.23. The van der Waals surface area contributed by atoms with Crippen LogP contribution in [0.2, 0.25) is 0 Å². The zero-order valence-corrected chi connectivity index (χ0v) is 15.8. The first kappa shape index (κ1) is 19.4. The van der Waals surface area contributed by atoms with E-state index in [1.54, 1.807) is 33.5 Å². The third-order valence-corrected chi connectivity index (χ3v) is 3.83. The topological polar surface area (TPSA) is 66.0 Å². The van der Waals surface area contributed by atoms with Crippen LogP contribution < -0.4 is 24.3 Å². The Morgan fingerprint density at radius 3 is 2.00 bits per heavy atom. The fourth-order valence-electron chi connectivity index (χ4n) is 2.64. The van der Waals surface area contributed by atoms with E-state index >= 15 is 0 Å². The van der Waals surface area contributed by atoms with Gasteiger partial charge in [-0.3, -0.25) is 4.79 Å². The average molecular weight is 359 g/mol. The van der Waals surface area contributed by atoms with E-state index in [1.165, 1.54) is 0 Å². The fraction of sp³-hybridized carbons (Fsp3) is 0.350. The van der Waals surface area contributed by atoms with Crippen LogP contribution in [0.1, 0.15) is 16.7 Å². The second-order valence-electron chi connectivity index (χ2n) is 5.91. The number of hydrogen-bond donors (Lipinski definition) is 1. The molecule has 140 valence electrons. The molecule has 2 aromatic carbocycles. The highest BCUT2D eigenvalue weighted by Gasteiger charge is 2.13. The van der Waals surface area contributed by atoms with E-state index in [1.807, 2.05) is 26.0 Å². The summed E-state index contributed by atoms with van der Waals surface area (Å²) in [6.45, 7) is 4.21. The largest absolute Gasteiger partial charge is 0.496 e. The number of methoxy groups -OCH3 is 3. The minimum absolute atomic E-state index is 0.0570. The molecule has 26 heavy (non-hydrogen) atoms. The molecule has 0 saturated heterocycles. The smallest absolute Gasteiger partial charge is 0.258 e. The summed E-state index contributed by atoms with van der Waals surface area (Å²) in [5, 5.41) is 2.82. The Labute approximate surface area is 154 Å². The molecule has 2 aromatic rings. The van der Waals surface area contributed by atoms with Crippen molar-refractivity contribution in [3.63, 3.8) is 0 Å². The van der Waals surface area contributed by atoms with Gasteiger partial charge in [-0.2, -0.15) is 0 Å². The average Bonchev–Trinajstić information content (AvgIpc) is 2.63. The molecule has 0 fully saturated rings. The molecule has 0 atom stereocenters. The van der Waals surface area contributed by atoms with Crippen molar-refractivity contribution in [1.82, 2.24) is 5.32 Å². The van der Waals surface area contributed by atoms with E-state index in [-0.39, 0.29) is 12.5 Å². The molecule has 6 heteroatoms. The molecule has 0 aromatic heterocycles. The van der Waals surface area contributed by atoms with E-state index in [0.717, 1.165) is 16.7 Å². The first-order chi connectivity index (χ1) is 12.5. The van der Waals surface area contributed by atoms with Crippen molar-refractivity contribution >= 4 is 5.91 Å². The SMILES string of the molecule is COc1cc(OC)c(OC)cc1CNC(=O)COc1cc(C)cc(C)c1. The summed E-state index contributed by atoms with van der Waals surface area (Å²) in [5.41, 5.74) is 2.97. The van der Waals surface area contributed by atoms with Crippen molar-refractivity contribution in [2.24, 2.45) is 0 Å². The van der Waals surface area contributed by atoms with Gasteiger partial charge in [-0.05, 0) is 43.2 Å². The maximum Gasteiger partial charge on any atom is 0.258 e. The van der Waals surface area contributed by atoms with Gasteiger partial charge in [0, 0.05) is 18.2 Å². The molecule has 1 N–H and O–H groups in total. The zero-order chi connectivity index (χ0) is 19.1. The molecule has 0 heterocycles. The van der Waals surface area contributed by atoms with Crippen LogP contribution >= 0.6 is 0 Å². The molecule has 2 rings (SSSR count). The molecule has 0 saturated carbocycles. The standard InChI is InChI=1S/C20H25NO5/c1-13-6-14(2)8-16(7-13)26-12-20(22)21-11-15-9-18(24-4)19(25-5)10-17(15)23-3/h6-10H,11-12H2,1-5H3,(H,21,22). The molecular formula is C20H25NO5. The number of nitrogens with one attached hydrogen (secondary N) is 1. The molecule has 0 aliphatic rings. The van der Waals surface area contributed by atoms with Gasteiger partial charge in [0.25, 0.3) is 5.91 Å². The van der Waals surface area contributed by atoms with Crippen LogP contribution in [0.25, 0.3) is 0 Å². The summed E-state index contributed by atoms with van der Waals surface area (Å²) < 4.78 is 21.5. The Balaban J connectivity index is 1.98. The maximum atomic E-state index is 12.1. The van der Waals surface area contributed by atoms with Gasteiger partial charge in [0.2, 0.25) is 0 Å². The second kappa shape index (κ2) is 8.99. The van der Waals surface area contributed by atoms with Crippen molar-refractivity contribution in [3.05, 3.63) is 47.0 Å². The monoisotopic (exact) mass is 359 g/mol. The number of ether oxygens (including phenoxy) is 4. The Hall–Kier alpha value is -2.89. The van der Waals surface area contributed by atoms with Gasteiger partial charge in [0.15, 0.2) is 18.1 Å². The van der Waals surface area contributed by atoms with Gasteiger partial charge in [0.1, 0.15) is 11.5 Å². The van der Waals surface area contributed by atoms with Crippen LogP contribution in [0.5, 0.6) is 23.0 Å². The van der Waals surface area contributed by atoms with Gasteiger partial charge in [0.05, 0.1) is 21.3 Å². The van der Waals surface area contributed by atoms with Gasteiger partial charge in [-0.15, -0.1) is 0 Å². The number of hydrogen-bond acceptors (Lipinski definition) is 5. The van der Waals surface area contributed by atoms with E-state index in [9.17, 15) is 4.79 Å². The van der Waals surface area contributed by atoms with Crippen LogP contribution in [0.4, 0.5) is 0 Å². The number of amides is 1. The van der Waals surface area contributed by atoms with Crippen molar-refractivity contribution in [2.45, 2.75) is 20.4 Å². The van der Waals surface area contributed by atoms with Crippen molar-refractivity contribution in [1.29, 1.82) is 0 Å². The molecule has 0 unspecified atom stereocenters. The zero-order valence-electron chi connectivity index (χ0n) is 15.8. The summed E-state index contributed by atoms with van der Waals surface area (Å²) in [4.78, 5) is 12.1. The van der Waals surface area contributed by atoms with Gasteiger partial charge < -0.3 is 24.3 Å². The minimum atomic E-state index is -0.221. The lowest BCUT2D eigenvalue weighted by atomic mass is 10.1. The van der Waals surface area contributed by atoms with Gasteiger partial charge >= 0.3 is 0 Å². The summed E-state index contributed by atoms with van der Waals surface area (Å²) in [7, 11) is 4.68. The summed E-state index contributed by atoms with van der Waals surface area (Å²) in [6.07, 6.45) is 0. The number of benzene rings is 2. The van der Waals surface area contributed by atoms with Crippen LogP contribution in [-0.4, -0.2) is 33.8 Å². The molecule has 0 aliphatic heterocycles. The van der Waals surface area contributed by atoms with E-state index in [0.29, 0.717) is 29.5 Å². The Morgan fingerprint density at radius 2 is 1.42 bits per heavy atom. The minimum Gasteiger partial charge on any atom is -0.496 e. The number of aryl methyl sites for hydroxylation is 2. The highest BCUT2D eigenvalue weighted by Crippen LogP contribution is 2.34. The van der Waals surface area contributed by atoms with Crippen LogP contribution in [-0.2, 0) is 11.3 Å². The molecule has 0 aliphatic carbocycles. The number of carbonyl (C=O) groups excluding carboxylic acids is 1.